The number of carbonyl (C=O) groups is 2. The third-order valence-electron chi connectivity index (χ3n) is 1.42. The molecule has 1 aliphatic rings. The van der Waals surface area contributed by atoms with E-state index >= 15 is 0 Å². The summed E-state index contributed by atoms with van der Waals surface area (Å²) >= 11 is 0. The summed E-state index contributed by atoms with van der Waals surface area (Å²) in [4.78, 5) is 21.4. The number of rotatable bonds is 2. The molecule has 54 valence electrons. The van der Waals surface area contributed by atoms with Gasteiger partial charge >= 0.3 is 0 Å². The highest BCUT2D eigenvalue weighted by Gasteiger charge is 2.30. The Morgan fingerprint density at radius 2 is 1.80 bits per heavy atom. The summed E-state index contributed by atoms with van der Waals surface area (Å²) in [6.45, 7) is 1.92. The zero-order chi connectivity index (χ0) is 7.56. The van der Waals surface area contributed by atoms with Gasteiger partial charge in [-0.25, -0.2) is 0 Å². The average molecular weight is 140 g/mol. The van der Waals surface area contributed by atoms with Gasteiger partial charge in [0.1, 0.15) is 5.92 Å². The highest BCUT2D eigenvalue weighted by Crippen LogP contribution is 2.16. The lowest BCUT2D eigenvalue weighted by Gasteiger charge is -1.97. The number of carbonyl (C=O) groups excluding carboxylic acids is 2. The number of hydrogen-bond acceptors (Lipinski definition) is 2. The van der Waals surface area contributed by atoms with Gasteiger partial charge in [-0.3, -0.25) is 9.59 Å². The Balaban J connectivity index is 2.60. The van der Waals surface area contributed by atoms with Crippen LogP contribution in [0.3, 0.4) is 0 Å². The van der Waals surface area contributed by atoms with E-state index in [2.05, 4.69) is 10.2 Å². The molecule has 1 aliphatic heterocycles. The molecule has 0 radical (unpaired) electrons. The van der Waals surface area contributed by atoms with Crippen LogP contribution in [0.2, 0.25) is 0 Å². The molecular weight excluding hydrogens is 132 g/mol. The fourth-order valence-electron chi connectivity index (χ4n) is 0.879. The normalized spacial score (nSPS) is 18.9. The van der Waals surface area contributed by atoms with Crippen LogP contribution >= 0.6 is 0 Å². The van der Waals surface area contributed by atoms with E-state index < -0.39 is 5.92 Å². The predicted molar refractivity (Wildman–Crippen MR) is 33.3 cm³/mol. The molecule has 4 heteroatoms. The standard InChI is InChI=1S/C6H8N2O2/c1-2-3-4-5(9)7-8-6(4)10/h4H,2-3H2,1H3. The van der Waals surface area contributed by atoms with E-state index in [0.29, 0.717) is 6.42 Å². The maximum Gasteiger partial charge on any atom is 0.277 e. The monoisotopic (exact) mass is 140 g/mol. The Labute approximate surface area is 58.3 Å². The molecule has 4 nitrogen and oxygen atoms in total. The molecule has 2 amide bonds. The van der Waals surface area contributed by atoms with Crippen LogP contribution in [0.25, 0.3) is 0 Å². The van der Waals surface area contributed by atoms with Gasteiger partial charge in [0.25, 0.3) is 11.8 Å². The lowest BCUT2D eigenvalue weighted by Crippen LogP contribution is -2.14. The first kappa shape index (κ1) is 7.05. The van der Waals surface area contributed by atoms with E-state index in [9.17, 15) is 9.59 Å². The van der Waals surface area contributed by atoms with Crippen molar-refractivity contribution in [1.29, 1.82) is 0 Å². The summed E-state index contributed by atoms with van der Waals surface area (Å²) in [5.74, 6) is -1.33. The molecule has 0 aromatic heterocycles. The first-order valence-corrected chi connectivity index (χ1v) is 3.25. The topological polar surface area (TPSA) is 58.9 Å². The average Bonchev–Trinajstić information content (AvgIpc) is 2.20. The lowest BCUT2D eigenvalue weighted by atomic mass is 10.0. The Morgan fingerprint density at radius 1 is 1.30 bits per heavy atom. The second-order valence-electron chi connectivity index (χ2n) is 2.22. The molecule has 0 saturated carbocycles. The van der Waals surface area contributed by atoms with Crippen LogP contribution in [-0.4, -0.2) is 11.8 Å². The Kier molecular flexibility index (Phi) is 1.89. The third kappa shape index (κ3) is 1.10. The largest absolute Gasteiger partial charge is 0.277 e. The maximum atomic E-state index is 10.7. The second-order valence-corrected chi connectivity index (χ2v) is 2.22. The first-order valence-electron chi connectivity index (χ1n) is 3.25. The molecule has 0 aromatic rings. The van der Waals surface area contributed by atoms with Crippen molar-refractivity contribution < 1.29 is 9.59 Å². The van der Waals surface area contributed by atoms with Gasteiger partial charge in [0.05, 0.1) is 0 Å². The summed E-state index contributed by atoms with van der Waals surface area (Å²) in [5.41, 5.74) is 0. The van der Waals surface area contributed by atoms with Crippen molar-refractivity contribution in [2.24, 2.45) is 16.1 Å². The van der Waals surface area contributed by atoms with Gasteiger partial charge in [-0.15, -0.1) is 10.2 Å². The molecule has 0 saturated heterocycles. The van der Waals surface area contributed by atoms with Gasteiger partial charge in [-0.1, -0.05) is 13.3 Å². The summed E-state index contributed by atoms with van der Waals surface area (Å²) in [6, 6.07) is 0. The number of amides is 2. The van der Waals surface area contributed by atoms with Crippen molar-refractivity contribution in [2.45, 2.75) is 19.8 Å². The van der Waals surface area contributed by atoms with Gasteiger partial charge < -0.3 is 0 Å². The van der Waals surface area contributed by atoms with Gasteiger partial charge in [0.15, 0.2) is 0 Å². The Bertz CT molecular complexity index is 180. The van der Waals surface area contributed by atoms with Crippen molar-refractivity contribution in [3.05, 3.63) is 0 Å². The van der Waals surface area contributed by atoms with Crippen LogP contribution in [-0.2, 0) is 9.59 Å². The molecule has 1 rings (SSSR count). The molecular formula is C6H8N2O2. The zero-order valence-corrected chi connectivity index (χ0v) is 5.70. The quantitative estimate of drug-likeness (QED) is 0.535. The van der Waals surface area contributed by atoms with E-state index in [-0.39, 0.29) is 11.8 Å². The fraction of sp³-hybridized carbons (Fsp3) is 0.667. The van der Waals surface area contributed by atoms with E-state index in [4.69, 9.17) is 0 Å². The molecule has 0 N–H and O–H groups in total. The fourth-order valence-corrected chi connectivity index (χ4v) is 0.879. The molecule has 0 aliphatic carbocycles. The first-order chi connectivity index (χ1) is 4.75. The van der Waals surface area contributed by atoms with Gasteiger partial charge in [-0.05, 0) is 6.42 Å². The molecule has 0 unspecified atom stereocenters. The maximum absolute atomic E-state index is 10.7. The highest BCUT2D eigenvalue weighted by molar-refractivity contribution is 6.04. The number of nitrogens with zero attached hydrogens (tertiary/aromatic N) is 2. The molecule has 1 heterocycles. The van der Waals surface area contributed by atoms with Crippen molar-refractivity contribution in [1.82, 2.24) is 0 Å². The molecule has 0 spiro atoms. The Morgan fingerprint density at radius 3 is 2.20 bits per heavy atom. The summed E-state index contributed by atoms with van der Waals surface area (Å²) in [7, 11) is 0. The zero-order valence-electron chi connectivity index (χ0n) is 5.70. The highest BCUT2D eigenvalue weighted by atomic mass is 16.2. The van der Waals surface area contributed by atoms with E-state index in [1.165, 1.54) is 0 Å². The van der Waals surface area contributed by atoms with E-state index in [1.807, 2.05) is 6.92 Å². The lowest BCUT2D eigenvalue weighted by molar-refractivity contribution is -0.128. The minimum Gasteiger partial charge on any atom is -0.270 e. The molecule has 0 bridgehead atoms. The van der Waals surface area contributed by atoms with Crippen molar-refractivity contribution in [3.8, 4) is 0 Å². The van der Waals surface area contributed by atoms with Crippen LogP contribution in [0, 0.1) is 5.92 Å². The number of hydrogen-bond donors (Lipinski definition) is 0. The van der Waals surface area contributed by atoms with E-state index in [0.717, 1.165) is 6.42 Å². The van der Waals surface area contributed by atoms with Gasteiger partial charge in [-0.2, -0.15) is 0 Å². The van der Waals surface area contributed by atoms with Crippen LogP contribution in [0.1, 0.15) is 19.8 Å². The SMILES string of the molecule is CCCC1C(=O)N=NC1=O. The molecule has 0 aromatic carbocycles. The minimum absolute atomic E-state index is 0.383. The minimum atomic E-state index is -0.565. The van der Waals surface area contributed by atoms with E-state index in [1.54, 1.807) is 0 Å². The molecule has 0 atom stereocenters. The van der Waals surface area contributed by atoms with Crippen LogP contribution < -0.4 is 0 Å². The predicted octanol–water partition coefficient (Wildman–Crippen LogP) is 0.922. The summed E-state index contributed by atoms with van der Waals surface area (Å²) < 4.78 is 0. The van der Waals surface area contributed by atoms with Crippen LogP contribution in [0.15, 0.2) is 10.2 Å². The van der Waals surface area contributed by atoms with Gasteiger partial charge in [0, 0.05) is 0 Å². The summed E-state index contributed by atoms with van der Waals surface area (Å²) in [6.07, 6.45) is 1.39. The van der Waals surface area contributed by atoms with Crippen LogP contribution in [0.4, 0.5) is 0 Å². The van der Waals surface area contributed by atoms with Crippen molar-refractivity contribution >= 4 is 11.8 Å². The number of azo groups is 1. The Hall–Kier alpha value is -1.06. The molecule has 0 fully saturated rings. The molecule has 10 heavy (non-hydrogen) atoms. The second kappa shape index (κ2) is 2.68. The smallest absolute Gasteiger partial charge is 0.270 e. The van der Waals surface area contributed by atoms with Crippen LogP contribution in [0.5, 0.6) is 0 Å². The van der Waals surface area contributed by atoms with Crippen molar-refractivity contribution in [2.75, 3.05) is 0 Å². The summed E-state index contributed by atoms with van der Waals surface area (Å²) in [5, 5.41) is 6.31. The van der Waals surface area contributed by atoms with Crippen molar-refractivity contribution in [3.63, 3.8) is 0 Å². The third-order valence-corrected chi connectivity index (χ3v) is 1.42. The van der Waals surface area contributed by atoms with Gasteiger partial charge in [0.2, 0.25) is 0 Å².